The van der Waals surface area contributed by atoms with Gasteiger partial charge in [-0.3, -0.25) is 0 Å². The molecule has 43 heavy (non-hydrogen) atoms. The van der Waals surface area contributed by atoms with Crippen molar-refractivity contribution in [1.29, 1.82) is 5.41 Å². The molecule has 0 unspecified atom stereocenters. The summed E-state index contributed by atoms with van der Waals surface area (Å²) in [6, 6.07) is 51.9. The van der Waals surface area contributed by atoms with Crippen LogP contribution < -0.4 is 0 Å². The number of benzene rings is 5. The molecule has 0 aliphatic carbocycles. The average Bonchev–Trinajstić information content (AvgIpc) is 3.04. The fourth-order valence-corrected chi connectivity index (χ4v) is 5.95. The van der Waals surface area contributed by atoms with Gasteiger partial charge in [-0.15, -0.1) is 0 Å². The first-order chi connectivity index (χ1) is 21.2. The van der Waals surface area contributed by atoms with Gasteiger partial charge in [-0.1, -0.05) is 158 Å². The van der Waals surface area contributed by atoms with E-state index < -0.39 is 0 Å². The zero-order valence-corrected chi connectivity index (χ0v) is 24.5. The van der Waals surface area contributed by atoms with Crippen LogP contribution in [0.3, 0.4) is 0 Å². The van der Waals surface area contributed by atoms with Crippen LogP contribution >= 0.6 is 0 Å². The summed E-state index contributed by atoms with van der Waals surface area (Å²) in [7, 11) is 0. The minimum absolute atomic E-state index is 0.643. The third-order valence-corrected chi connectivity index (χ3v) is 8.09. The Hall–Kier alpha value is -5.27. The SMILES string of the molecule is Cc1ccccc1/C=C\Cc1c2ccccc2c(-c2ccccccccc2-c2ccc(CC=N)cc2)c2ccccc12. The zero-order valence-electron chi connectivity index (χ0n) is 24.5. The first-order valence-corrected chi connectivity index (χ1v) is 14.9. The van der Waals surface area contributed by atoms with Crippen LogP contribution in [-0.2, 0) is 12.8 Å². The quantitative estimate of drug-likeness (QED) is 0.150. The van der Waals surface area contributed by atoms with Gasteiger partial charge in [0.2, 0.25) is 0 Å². The van der Waals surface area contributed by atoms with E-state index in [4.69, 9.17) is 5.41 Å². The highest BCUT2D eigenvalue weighted by molar-refractivity contribution is 6.16. The molecule has 0 aliphatic heterocycles. The Labute approximate surface area is 254 Å². The fraction of sp³-hybridized carbons (Fsp3) is 0.0714. The Bertz CT molecular complexity index is 1940. The molecule has 0 saturated carbocycles. The normalized spacial score (nSPS) is 11.1. The lowest BCUT2D eigenvalue weighted by Crippen LogP contribution is -1.94. The van der Waals surface area contributed by atoms with Crippen LogP contribution in [-0.4, -0.2) is 6.21 Å². The van der Waals surface area contributed by atoms with Gasteiger partial charge in [-0.05, 0) is 85.6 Å². The maximum atomic E-state index is 7.53. The van der Waals surface area contributed by atoms with Gasteiger partial charge in [0, 0.05) is 6.42 Å². The monoisotopic (exact) mass is 553 g/mol. The molecule has 0 aliphatic rings. The lowest BCUT2D eigenvalue weighted by atomic mass is 9.85. The predicted octanol–water partition coefficient (Wildman–Crippen LogP) is 11.2. The summed E-state index contributed by atoms with van der Waals surface area (Å²) in [5.41, 5.74) is 9.78. The molecule has 0 amide bonds. The molecule has 1 nitrogen and oxygen atoms in total. The van der Waals surface area contributed by atoms with Crippen LogP contribution in [0, 0.1) is 12.3 Å². The van der Waals surface area contributed by atoms with Crippen LogP contribution in [0.15, 0.2) is 152 Å². The number of hydrogen-bond acceptors (Lipinski definition) is 1. The molecule has 0 aromatic heterocycles. The van der Waals surface area contributed by atoms with Crippen LogP contribution in [0.1, 0.15) is 22.3 Å². The molecule has 208 valence electrons. The van der Waals surface area contributed by atoms with Crippen molar-refractivity contribution in [2.45, 2.75) is 19.8 Å². The molecule has 0 bridgehead atoms. The number of aryl methyl sites for hydroxylation is 1. The Kier molecular flexibility index (Phi) is 8.52. The van der Waals surface area contributed by atoms with Crippen molar-refractivity contribution in [3.63, 3.8) is 0 Å². The van der Waals surface area contributed by atoms with Gasteiger partial charge in [0.1, 0.15) is 0 Å². The van der Waals surface area contributed by atoms with Gasteiger partial charge < -0.3 is 5.41 Å². The van der Waals surface area contributed by atoms with Gasteiger partial charge in [0.15, 0.2) is 0 Å². The van der Waals surface area contributed by atoms with E-state index in [0.717, 1.165) is 17.5 Å². The number of fused-ring (bicyclic) bond motifs is 2. The van der Waals surface area contributed by atoms with Crippen LogP contribution in [0.4, 0.5) is 0 Å². The molecule has 0 heterocycles. The second kappa shape index (κ2) is 13.1. The number of allylic oxidation sites excluding steroid dienone is 1. The number of nitrogens with one attached hydrogen (secondary N) is 1. The Balaban J connectivity index is 1.62. The molecular formula is C42H35N. The van der Waals surface area contributed by atoms with Gasteiger partial charge >= 0.3 is 0 Å². The van der Waals surface area contributed by atoms with E-state index in [9.17, 15) is 0 Å². The molecule has 1 N–H and O–H groups in total. The van der Waals surface area contributed by atoms with E-state index in [1.165, 1.54) is 61.1 Å². The fourth-order valence-electron chi connectivity index (χ4n) is 5.95. The molecule has 0 radical (unpaired) electrons. The van der Waals surface area contributed by atoms with Crippen molar-refractivity contribution in [2.75, 3.05) is 0 Å². The standard InChI is InChI=1S/C42H35N/c1-31-15-8-9-16-33(31)17-14-24-36-37-19-10-12-22-40(37)42(41-23-13-11-20-38(36)41)39-21-7-5-3-2-4-6-18-35(39)34-27-25-32(26-28-34)29-30-43/h2-23,25-28,30,43H,24,29H2,1H3/b3-2?,4-2?,5-3?,6-4?,7-5?,17-14-,18-6?,21-7?,35-18?,39-21?,39-35?,43-30?. The third kappa shape index (κ3) is 6.03. The topological polar surface area (TPSA) is 23.9 Å². The molecule has 0 saturated heterocycles. The Morgan fingerprint density at radius 2 is 1.05 bits per heavy atom. The zero-order chi connectivity index (χ0) is 29.4. The van der Waals surface area contributed by atoms with E-state index in [0.29, 0.717) is 6.42 Å². The first-order valence-electron chi connectivity index (χ1n) is 14.9. The Morgan fingerprint density at radius 1 is 0.512 bits per heavy atom. The summed E-state index contributed by atoms with van der Waals surface area (Å²) >= 11 is 0. The summed E-state index contributed by atoms with van der Waals surface area (Å²) < 4.78 is 0. The van der Waals surface area contributed by atoms with E-state index in [2.05, 4.69) is 165 Å². The molecule has 0 atom stereocenters. The molecule has 6 rings (SSSR count). The number of hydrogen-bond donors (Lipinski definition) is 1. The van der Waals surface area contributed by atoms with Crippen molar-refractivity contribution < 1.29 is 0 Å². The largest absolute Gasteiger partial charge is 0.313 e. The third-order valence-electron chi connectivity index (χ3n) is 8.09. The summed E-state index contributed by atoms with van der Waals surface area (Å²) in [4.78, 5) is 0. The highest BCUT2D eigenvalue weighted by Crippen LogP contribution is 2.42. The van der Waals surface area contributed by atoms with Crippen molar-refractivity contribution in [1.82, 2.24) is 0 Å². The van der Waals surface area contributed by atoms with Crippen LogP contribution in [0.25, 0.3) is 49.9 Å². The van der Waals surface area contributed by atoms with E-state index in [-0.39, 0.29) is 0 Å². The van der Waals surface area contributed by atoms with Gasteiger partial charge in [0.25, 0.3) is 0 Å². The maximum absolute atomic E-state index is 7.53. The summed E-state index contributed by atoms with van der Waals surface area (Å²) in [5, 5.41) is 12.6. The van der Waals surface area contributed by atoms with Gasteiger partial charge in [0.05, 0.1) is 0 Å². The Morgan fingerprint density at radius 3 is 1.67 bits per heavy atom. The second-order valence-corrected chi connectivity index (χ2v) is 10.8. The molecule has 0 fully saturated rings. The van der Waals surface area contributed by atoms with Gasteiger partial charge in [-0.25, -0.2) is 0 Å². The van der Waals surface area contributed by atoms with Crippen molar-refractivity contribution in [3.8, 4) is 22.3 Å². The smallest absolute Gasteiger partial charge is 0.00714 e. The average molecular weight is 554 g/mol. The lowest BCUT2D eigenvalue weighted by Gasteiger charge is -2.18. The number of rotatable bonds is 7. The predicted molar refractivity (Wildman–Crippen MR) is 186 cm³/mol. The summed E-state index contributed by atoms with van der Waals surface area (Å²) in [6.07, 6.45) is 7.51. The first kappa shape index (κ1) is 27.9. The minimum atomic E-state index is 0.643. The summed E-state index contributed by atoms with van der Waals surface area (Å²) in [6.45, 7) is 2.16. The molecule has 0 spiro atoms. The van der Waals surface area contributed by atoms with Crippen molar-refractivity contribution in [3.05, 3.63) is 174 Å². The highest BCUT2D eigenvalue weighted by atomic mass is 14.3. The van der Waals surface area contributed by atoms with E-state index in [1.54, 1.807) is 0 Å². The summed E-state index contributed by atoms with van der Waals surface area (Å²) in [5.74, 6) is 0. The molecule has 1 heteroatoms. The van der Waals surface area contributed by atoms with Crippen molar-refractivity contribution in [2.24, 2.45) is 0 Å². The van der Waals surface area contributed by atoms with E-state index in [1.807, 2.05) is 0 Å². The van der Waals surface area contributed by atoms with Crippen LogP contribution in [0.5, 0.6) is 0 Å². The molecule has 6 aromatic rings. The van der Waals surface area contributed by atoms with E-state index >= 15 is 0 Å². The molecular weight excluding hydrogens is 518 g/mol. The molecule has 6 aromatic carbocycles. The second-order valence-electron chi connectivity index (χ2n) is 10.8. The maximum Gasteiger partial charge on any atom is 0.00714 e. The van der Waals surface area contributed by atoms with Crippen LogP contribution in [0.2, 0.25) is 0 Å². The van der Waals surface area contributed by atoms with Gasteiger partial charge in [-0.2, -0.15) is 0 Å². The lowest BCUT2D eigenvalue weighted by molar-refractivity contribution is 1.33. The minimum Gasteiger partial charge on any atom is -0.313 e. The highest BCUT2D eigenvalue weighted by Gasteiger charge is 2.16. The van der Waals surface area contributed by atoms with Crippen molar-refractivity contribution >= 4 is 33.8 Å².